The van der Waals surface area contributed by atoms with Crippen molar-refractivity contribution in [1.82, 2.24) is 4.98 Å². The van der Waals surface area contributed by atoms with Gasteiger partial charge < -0.3 is 5.32 Å². The molecule has 7 nitrogen and oxygen atoms in total. The average Bonchev–Trinajstić information content (AvgIpc) is 3.25. The van der Waals surface area contributed by atoms with Crippen LogP contribution in [0.2, 0.25) is 0 Å². The second-order valence-corrected chi connectivity index (χ2v) is 9.50. The largest absolute Gasteiger partial charge is 0.350 e. The molecule has 1 aliphatic rings. The van der Waals surface area contributed by atoms with Gasteiger partial charge in [0, 0.05) is 20.2 Å². The van der Waals surface area contributed by atoms with E-state index in [1.54, 1.807) is 30.3 Å². The number of anilines is 3. The molecule has 0 saturated heterocycles. The summed E-state index contributed by atoms with van der Waals surface area (Å²) in [6, 6.07) is 12.0. The Morgan fingerprint density at radius 1 is 1.12 bits per heavy atom. The minimum atomic E-state index is -0.600. The molecule has 0 spiro atoms. The standard InChI is InChI=1S/C22H16ClIN4O3S/c1-11-8-14(24)6-7-16(11)28-20(30)17(23)18(21(28)31)26-15-5-3-4-13(9-15)19(29)27-22-25-12(2)10-32-22/h3-10,26H,1-2H3,(H,25,27,29). The summed E-state index contributed by atoms with van der Waals surface area (Å²) < 4.78 is 0.989. The molecule has 0 bridgehead atoms. The Bertz CT molecular complexity index is 1300. The van der Waals surface area contributed by atoms with Gasteiger partial charge in [-0.3, -0.25) is 19.7 Å². The highest BCUT2D eigenvalue weighted by atomic mass is 127. The third-order valence-corrected chi connectivity index (χ3v) is 6.56. The van der Waals surface area contributed by atoms with Gasteiger partial charge in [0.25, 0.3) is 17.7 Å². The van der Waals surface area contributed by atoms with Gasteiger partial charge in [0.2, 0.25) is 0 Å². The highest BCUT2D eigenvalue weighted by Crippen LogP contribution is 2.32. The first-order chi connectivity index (χ1) is 15.2. The molecule has 0 radical (unpaired) electrons. The molecule has 4 rings (SSSR count). The number of carbonyl (C=O) groups is 3. The topological polar surface area (TPSA) is 91.4 Å². The van der Waals surface area contributed by atoms with Crippen molar-refractivity contribution < 1.29 is 14.4 Å². The summed E-state index contributed by atoms with van der Waals surface area (Å²) in [4.78, 5) is 43.6. The monoisotopic (exact) mass is 578 g/mol. The third-order valence-electron chi connectivity index (χ3n) is 4.66. The molecule has 10 heteroatoms. The Labute approximate surface area is 206 Å². The number of nitrogens with one attached hydrogen (secondary N) is 2. The molecule has 1 aromatic heterocycles. The SMILES string of the molecule is Cc1csc(NC(=O)c2cccc(NC3=C(Cl)C(=O)N(c4ccc(I)cc4C)C3=O)c2)n1. The molecule has 0 atom stereocenters. The Morgan fingerprint density at radius 3 is 2.59 bits per heavy atom. The number of benzene rings is 2. The number of nitrogens with zero attached hydrogens (tertiary/aromatic N) is 2. The first kappa shape index (κ1) is 22.4. The zero-order valence-electron chi connectivity index (χ0n) is 16.9. The van der Waals surface area contributed by atoms with Gasteiger partial charge in [-0.15, -0.1) is 11.3 Å². The molecule has 2 heterocycles. The van der Waals surface area contributed by atoms with Crippen molar-refractivity contribution in [2.24, 2.45) is 0 Å². The van der Waals surface area contributed by atoms with E-state index < -0.39 is 11.8 Å². The summed E-state index contributed by atoms with van der Waals surface area (Å²) in [5.41, 5.74) is 2.84. The molecular formula is C22H16ClIN4O3S. The van der Waals surface area contributed by atoms with Crippen LogP contribution in [0.3, 0.4) is 0 Å². The molecule has 3 amide bonds. The number of halogens is 2. The molecule has 32 heavy (non-hydrogen) atoms. The fourth-order valence-electron chi connectivity index (χ4n) is 3.16. The van der Waals surface area contributed by atoms with Crippen molar-refractivity contribution in [2.75, 3.05) is 15.5 Å². The van der Waals surface area contributed by atoms with E-state index in [2.05, 4.69) is 38.2 Å². The number of thiazole rings is 1. The van der Waals surface area contributed by atoms with Crippen LogP contribution < -0.4 is 15.5 Å². The van der Waals surface area contributed by atoms with Crippen molar-refractivity contribution in [1.29, 1.82) is 0 Å². The van der Waals surface area contributed by atoms with Gasteiger partial charge in [0.1, 0.15) is 10.7 Å². The third kappa shape index (κ3) is 4.41. The van der Waals surface area contributed by atoms with Gasteiger partial charge in [-0.05, 0) is 78.4 Å². The van der Waals surface area contributed by atoms with Crippen LogP contribution in [0.4, 0.5) is 16.5 Å². The molecule has 0 unspecified atom stereocenters. The smallest absolute Gasteiger partial charge is 0.283 e. The highest BCUT2D eigenvalue weighted by Gasteiger charge is 2.39. The second-order valence-electron chi connectivity index (χ2n) is 7.02. The van der Waals surface area contributed by atoms with Crippen LogP contribution in [0.15, 0.2) is 58.6 Å². The van der Waals surface area contributed by atoms with E-state index in [0.717, 1.165) is 19.7 Å². The summed E-state index contributed by atoms with van der Waals surface area (Å²) >= 11 is 9.73. The highest BCUT2D eigenvalue weighted by molar-refractivity contribution is 14.1. The maximum Gasteiger partial charge on any atom is 0.283 e. The van der Waals surface area contributed by atoms with E-state index in [1.807, 2.05) is 31.4 Å². The van der Waals surface area contributed by atoms with E-state index in [9.17, 15) is 14.4 Å². The number of rotatable bonds is 5. The molecule has 0 fully saturated rings. The van der Waals surface area contributed by atoms with E-state index in [1.165, 1.54) is 11.3 Å². The molecule has 2 aromatic carbocycles. The van der Waals surface area contributed by atoms with Crippen molar-refractivity contribution in [3.63, 3.8) is 0 Å². The van der Waals surface area contributed by atoms with Crippen LogP contribution in [-0.2, 0) is 9.59 Å². The molecule has 0 aliphatic carbocycles. The quantitative estimate of drug-likeness (QED) is 0.327. The zero-order valence-corrected chi connectivity index (χ0v) is 20.6. The van der Waals surface area contributed by atoms with Crippen LogP contribution >= 0.6 is 45.5 Å². The Balaban J connectivity index is 1.56. The van der Waals surface area contributed by atoms with E-state index in [0.29, 0.717) is 22.1 Å². The fraction of sp³-hybridized carbons (Fsp3) is 0.0909. The lowest BCUT2D eigenvalue weighted by atomic mass is 10.2. The van der Waals surface area contributed by atoms with Crippen molar-refractivity contribution in [3.8, 4) is 0 Å². The summed E-state index contributed by atoms with van der Waals surface area (Å²) in [7, 11) is 0. The number of imide groups is 1. The molecular weight excluding hydrogens is 563 g/mol. The Morgan fingerprint density at radius 2 is 1.91 bits per heavy atom. The van der Waals surface area contributed by atoms with Gasteiger partial charge in [-0.1, -0.05) is 17.7 Å². The Kier molecular flexibility index (Phi) is 6.31. The first-order valence-electron chi connectivity index (χ1n) is 9.40. The van der Waals surface area contributed by atoms with Crippen LogP contribution in [0.25, 0.3) is 0 Å². The summed E-state index contributed by atoms with van der Waals surface area (Å²) in [6.45, 7) is 3.67. The van der Waals surface area contributed by atoms with Crippen molar-refractivity contribution in [3.05, 3.63) is 79.0 Å². The average molecular weight is 579 g/mol. The number of aryl methyl sites for hydroxylation is 2. The number of hydrogen-bond acceptors (Lipinski definition) is 6. The predicted molar refractivity (Wildman–Crippen MR) is 134 cm³/mol. The lowest BCUT2D eigenvalue weighted by Crippen LogP contribution is -2.32. The minimum absolute atomic E-state index is 0.0391. The maximum absolute atomic E-state index is 13.0. The molecule has 0 saturated carbocycles. The molecule has 1 aliphatic heterocycles. The van der Waals surface area contributed by atoms with Gasteiger partial charge in [0.05, 0.1) is 11.4 Å². The number of carbonyl (C=O) groups excluding carboxylic acids is 3. The number of aromatic nitrogens is 1. The van der Waals surface area contributed by atoms with Gasteiger partial charge in [-0.2, -0.15) is 0 Å². The van der Waals surface area contributed by atoms with Crippen LogP contribution in [0, 0.1) is 17.4 Å². The predicted octanol–water partition coefficient (Wildman–Crippen LogP) is 5.05. The van der Waals surface area contributed by atoms with Gasteiger partial charge >= 0.3 is 0 Å². The second kappa shape index (κ2) is 9.00. The molecule has 2 N–H and O–H groups in total. The normalized spacial score (nSPS) is 13.7. The fourth-order valence-corrected chi connectivity index (χ4v) is 4.71. The lowest BCUT2D eigenvalue weighted by Gasteiger charge is -2.17. The van der Waals surface area contributed by atoms with Gasteiger partial charge in [-0.25, -0.2) is 9.88 Å². The van der Waals surface area contributed by atoms with E-state index in [-0.39, 0.29) is 16.6 Å². The van der Waals surface area contributed by atoms with Crippen molar-refractivity contribution >= 4 is 79.8 Å². The van der Waals surface area contributed by atoms with Crippen molar-refractivity contribution in [2.45, 2.75) is 13.8 Å². The maximum atomic E-state index is 13.0. The lowest BCUT2D eigenvalue weighted by molar-refractivity contribution is -0.120. The Hall–Kier alpha value is -2.76. The number of amides is 3. The number of hydrogen-bond donors (Lipinski definition) is 2. The molecule has 3 aromatic rings. The van der Waals surface area contributed by atoms with E-state index >= 15 is 0 Å². The summed E-state index contributed by atoms with van der Waals surface area (Å²) in [5.74, 6) is -1.50. The van der Waals surface area contributed by atoms with Gasteiger partial charge in [0.15, 0.2) is 5.13 Å². The minimum Gasteiger partial charge on any atom is -0.350 e. The van der Waals surface area contributed by atoms with Crippen LogP contribution in [0.1, 0.15) is 21.6 Å². The van der Waals surface area contributed by atoms with E-state index in [4.69, 9.17) is 11.6 Å². The van der Waals surface area contributed by atoms with Crippen LogP contribution in [-0.4, -0.2) is 22.7 Å². The summed E-state index contributed by atoms with van der Waals surface area (Å²) in [5, 5.41) is 7.77. The first-order valence-corrected chi connectivity index (χ1v) is 11.7. The van der Waals surface area contributed by atoms with Crippen LogP contribution in [0.5, 0.6) is 0 Å². The molecule has 162 valence electrons. The summed E-state index contributed by atoms with van der Waals surface area (Å²) in [6.07, 6.45) is 0. The zero-order chi connectivity index (χ0) is 23.0.